The fraction of sp³-hybridized carbons (Fsp3) is 0.421. The van der Waals surface area contributed by atoms with Gasteiger partial charge in [0, 0.05) is 6.07 Å². The molecule has 2 aromatic rings. The molecule has 0 aliphatic heterocycles. The van der Waals surface area contributed by atoms with Crippen LogP contribution < -0.4 is 19.8 Å². The summed E-state index contributed by atoms with van der Waals surface area (Å²) in [6.07, 6.45) is 5.91. The predicted octanol–water partition coefficient (Wildman–Crippen LogP) is 4.32. The molecule has 1 heterocycles. The molecule has 0 aliphatic carbocycles. The maximum Gasteiger partial charge on any atom is 0.383 e. The van der Waals surface area contributed by atoms with Gasteiger partial charge in [-0.1, -0.05) is 19.1 Å². The third kappa shape index (κ3) is 4.31. The lowest BCUT2D eigenvalue weighted by Gasteiger charge is -2.13. The van der Waals surface area contributed by atoms with Crippen molar-refractivity contribution >= 4 is 11.0 Å². The maximum atomic E-state index is 12.1. The molecule has 0 saturated carbocycles. The van der Waals surface area contributed by atoms with Crippen molar-refractivity contribution in [1.29, 1.82) is 0 Å². The van der Waals surface area contributed by atoms with Crippen molar-refractivity contribution in [1.82, 2.24) is 0 Å². The smallest absolute Gasteiger partial charge is 0.383 e. The van der Waals surface area contributed by atoms with E-state index in [2.05, 4.69) is 19.1 Å². The summed E-state index contributed by atoms with van der Waals surface area (Å²) in [5.41, 5.74) is -0.149. The van der Waals surface area contributed by atoms with Gasteiger partial charge >= 0.3 is 5.63 Å². The lowest BCUT2D eigenvalue weighted by Crippen LogP contribution is -2.09. The third-order valence-electron chi connectivity index (χ3n) is 3.30. The van der Waals surface area contributed by atoms with E-state index in [1.807, 2.05) is 26.0 Å². The number of methoxy groups -OCH3 is 1. The molecule has 0 amide bonds. The first-order chi connectivity index (χ1) is 11.6. The first-order valence-electron chi connectivity index (χ1n) is 8.16. The van der Waals surface area contributed by atoms with Crippen molar-refractivity contribution in [2.24, 2.45) is 0 Å². The second kappa shape index (κ2) is 8.43. The molecule has 0 bridgehead atoms. The van der Waals surface area contributed by atoms with E-state index in [1.165, 1.54) is 7.11 Å². The quantitative estimate of drug-likeness (QED) is 0.409. The number of allylic oxidation sites excluding steroid dienone is 1. The van der Waals surface area contributed by atoms with Gasteiger partial charge in [0.1, 0.15) is 11.3 Å². The average Bonchev–Trinajstić information content (AvgIpc) is 2.53. The Balaban J connectivity index is 2.38. The zero-order valence-electron chi connectivity index (χ0n) is 14.6. The Kier molecular flexibility index (Phi) is 6.29. The summed E-state index contributed by atoms with van der Waals surface area (Å²) in [5, 5.41) is 0.682. The molecule has 1 aromatic carbocycles. The van der Waals surface area contributed by atoms with Gasteiger partial charge in [-0.2, -0.15) is 0 Å². The molecule has 0 aliphatic rings. The van der Waals surface area contributed by atoms with E-state index >= 15 is 0 Å². The highest BCUT2D eigenvalue weighted by Crippen LogP contribution is 2.34. The van der Waals surface area contributed by atoms with Crippen LogP contribution in [0.4, 0.5) is 0 Å². The molecule has 5 heteroatoms. The Bertz CT molecular complexity index is 758. The molecule has 2 rings (SSSR count). The third-order valence-corrected chi connectivity index (χ3v) is 3.30. The van der Waals surface area contributed by atoms with E-state index < -0.39 is 5.63 Å². The molecular weight excluding hydrogens is 308 g/mol. The van der Waals surface area contributed by atoms with Crippen molar-refractivity contribution in [3.8, 4) is 17.2 Å². The Morgan fingerprint density at radius 1 is 1.21 bits per heavy atom. The summed E-state index contributed by atoms with van der Waals surface area (Å²) in [5.74, 6) is 1.13. The lowest BCUT2D eigenvalue weighted by molar-refractivity contribution is 0.242. The summed E-state index contributed by atoms with van der Waals surface area (Å²) in [7, 11) is 1.43. The molecule has 0 spiro atoms. The molecule has 0 saturated heterocycles. The molecule has 0 unspecified atom stereocenters. The molecule has 0 radical (unpaired) electrons. The topological polar surface area (TPSA) is 57.9 Å². The van der Waals surface area contributed by atoms with Crippen LogP contribution >= 0.6 is 0 Å². The number of rotatable bonds is 8. The largest absolute Gasteiger partial charge is 0.491 e. The van der Waals surface area contributed by atoms with Gasteiger partial charge in [-0.25, -0.2) is 4.79 Å². The summed E-state index contributed by atoms with van der Waals surface area (Å²) in [6.45, 7) is 6.41. The van der Waals surface area contributed by atoms with E-state index in [-0.39, 0.29) is 11.9 Å². The molecule has 24 heavy (non-hydrogen) atoms. The molecule has 5 nitrogen and oxygen atoms in total. The van der Waals surface area contributed by atoms with Crippen molar-refractivity contribution < 1.29 is 18.6 Å². The maximum absolute atomic E-state index is 12.1. The number of ether oxygens (including phenoxy) is 3. The second-order valence-electron chi connectivity index (χ2n) is 5.59. The standard InChI is InChI=1S/C19H24O5/c1-5-6-7-8-11-22-17-15-10-9-14(23-13(2)3)12-16(15)24-19(20)18(17)21-4/h6-7,9-10,12-13H,5,8,11H2,1-4H3/b7-6+. The van der Waals surface area contributed by atoms with Gasteiger partial charge in [0.15, 0.2) is 5.75 Å². The fourth-order valence-corrected chi connectivity index (χ4v) is 2.31. The highest BCUT2D eigenvalue weighted by molar-refractivity contribution is 5.86. The monoisotopic (exact) mass is 332 g/mol. The minimum absolute atomic E-state index is 0.0356. The molecular formula is C19H24O5. The minimum atomic E-state index is -0.564. The van der Waals surface area contributed by atoms with E-state index in [4.69, 9.17) is 18.6 Å². The van der Waals surface area contributed by atoms with Gasteiger partial charge in [0.2, 0.25) is 5.75 Å². The van der Waals surface area contributed by atoms with Crippen LogP contribution in [0.25, 0.3) is 11.0 Å². The van der Waals surface area contributed by atoms with Crippen LogP contribution in [0.15, 0.2) is 39.6 Å². The Morgan fingerprint density at radius 2 is 2.00 bits per heavy atom. The Hall–Kier alpha value is -2.43. The van der Waals surface area contributed by atoms with Crippen LogP contribution in [-0.2, 0) is 0 Å². The van der Waals surface area contributed by atoms with Gasteiger partial charge in [0.25, 0.3) is 0 Å². The SMILES string of the molecule is CC/C=C/CCOc1c(OC)c(=O)oc2cc(OC(C)C)ccc12. The van der Waals surface area contributed by atoms with Gasteiger partial charge in [0.05, 0.1) is 25.2 Å². The van der Waals surface area contributed by atoms with E-state index in [0.29, 0.717) is 29.1 Å². The predicted molar refractivity (Wildman–Crippen MR) is 94.3 cm³/mol. The van der Waals surface area contributed by atoms with Crippen molar-refractivity contribution in [3.63, 3.8) is 0 Å². The first-order valence-corrected chi connectivity index (χ1v) is 8.16. The van der Waals surface area contributed by atoms with E-state index in [0.717, 1.165) is 12.8 Å². The Labute approximate surface area is 141 Å². The van der Waals surface area contributed by atoms with Gasteiger partial charge in [-0.3, -0.25) is 0 Å². The van der Waals surface area contributed by atoms with Crippen LogP contribution in [0, 0.1) is 0 Å². The minimum Gasteiger partial charge on any atom is -0.491 e. The number of benzene rings is 1. The van der Waals surface area contributed by atoms with Crippen LogP contribution in [0.5, 0.6) is 17.2 Å². The van der Waals surface area contributed by atoms with Gasteiger partial charge in [-0.05, 0) is 38.8 Å². The summed E-state index contributed by atoms with van der Waals surface area (Å²) >= 11 is 0. The molecule has 130 valence electrons. The van der Waals surface area contributed by atoms with Crippen LogP contribution in [0.2, 0.25) is 0 Å². The summed E-state index contributed by atoms with van der Waals surface area (Å²) in [4.78, 5) is 12.1. The average molecular weight is 332 g/mol. The van der Waals surface area contributed by atoms with E-state index in [9.17, 15) is 4.79 Å². The highest BCUT2D eigenvalue weighted by atomic mass is 16.5. The molecule has 1 aromatic heterocycles. The van der Waals surface area contributed by atoms with Crippen molar-refractivity contribution in [2.75, 3.05) is 13.7 Å². The molecule has 0 atom stereocenters. The zero-order valence-corrected chi connectivity index (χ0v) is 14.6. The second-order valence-corrected chi connectivity index (χ2v) is 5.59. The number of hydrogen-bond donors (Lipinski definition) is 0. The number of fused-ring (bicyclic) bond motifs is 1. The fourth-order valence-electron chi connectivity index (χ4n) is 2.31. The molecule has 0 N–H and O–H groups in total. The lowest BCUT2D eigenvalue weighted by atomic mass is 10.2. The van der Waals surface area contributed by atoms with E-state index in [1.54, 1.807) is 6.07 Å². The van der Waals surface area contributed by atoms with Gasteiger partial charge < -0.3 is 18.6 Å². The first kappa shape index (κ1) is 17.9. The van der Waals surface area contributed by atoms with Gasteiger partial charge in [-0.15, -0.1) is 0 Å². The van der Waals surface area contributed by atoms with Crippen molar-refractivity contribution in [2.45, 2.75) is 39.7 Å². The van der Waals surface area contributed by atoms with Crippen LogP contribution in [-0.4, -0.2) is 19.8 Å². The highest BCUT2D eigenvalue weighted by Gasteiger charge is 2.17. The summed E-state index contributed by atoms with van der Waals surface area (Å²) in [6, 6.07) is 5.33. The number of hydrogen-bond acceptors (Lipinski definition) is 5. The Morgan fingerprint density at radius 3 is 2.67 bits per heavy atom. The normalized spacial score (nSPS) is 11.4. The van der Waals surface area contributed by atoms with Crippen molar-refractivity contribution in [3.05, 3.63) is 40.8 Å². The van der Waals surface area contributed by atoms with Crippen LogP contribution in [0.1, 0.15) is 33.6 Å². The zero-order chi connectivity index (χ0) is 17.5. The summed E-state index contributed by atoms with van der Waals surface area (Å²) < 4.78 is 22.0. The molecule has 0 fully saturated rings. The van der Waals surface area contributed by atoms with Crippen LogP contribution in [0.3, 0.4) is 0 Å².